The minimum Gasteiger partial charge on any atom is -0.496 e. The molecule has 0 bridgehead atoms. The van der Waals surface area contributed by atoms with Crippen LogP contribution in [0, 0.1) is 0 Å². The van der Waals surface area contributed by atoms with Crippen LogP contribution in [0.15, 0.2) is 16.6 Å². The average molecular weight is 395 g/mol. The SMILES string of the molecule is CCOC(=O)c1c(CN2CCCC2)n(C)c2cc(Br)c(OC)cc12. The Morgan fingerprint density at radius 1 is 1.29 bits per heavy atom. The normalized spacial score (nSPS) is 15.2. The third-order valence-corrected chi connectivity index (χ3v) is 5.27. The molecule has 6 heteroatoms. The Morgan fingerprint density at radius 3 is 2.62 bits per heavy atom. The molecule has 130 valence electrons. The van der Waals surface area contributed by atoms with Crippen molar-refractivity contribution in [2.45, 2.75) is 26.3 Å². The van der Waals surface area contributed by atoms with E-state index in [2.05, 4.69) is 25.4 Å². The number of hydrogen-bond donors (Lipinski definition) is 0. The molecule has 1 aliphatic rings. The number of hydrogen-bond acceptors (Lipinski definition) is 4. The highest BCUT2D eigenvalue weighted by Crippen LogP contribution is 2.35. The van der Waals surface area contributed by atoms with E-state index in [4.69, 9.17) is 9.47 Å². The van der Waals surface area contributed by atoms with Crippen molar-refractivity contribution in [1.82, 2.24) is 9.47 Å². The van der Waals surface area contributed by atoms with Gasteiger partial charge < -0.3 is 14.0 Å². The molecule has 2 heterocycles. The van der Waals surface area contributed by atoms with Crippen LogP contribution in [-0.4, -0.2) is 42.2 Å². The third kappa shape index (κ3) is 3.05. The maximum absolute atomic E-state index is 12.6. The summed E-state index contributed by atoms with van der Waals surface area (Å²) >= 11 is 3.54. The number of nitrogens with zero attached hydrogens (tertiary/aromatic N) is 2. The number of rotatable bonds is 5. The zero-order valence-electron chi connectivity index (χ0n) is 14.4. The number of fused-ring (bicyclic) bond motifs is 1. The number of aryl methyl sites for hydroxylation is 1. The number of carbonyl (C=O) groups excluding carboxylic acids is 1. The summed E-state index contributed by atoms with van der Waals surface area (Å²) < 4.78 is 13.7. The number of carbonyl (C=O) groups is 1. The molecule has 3 rings (SSSR count). The highest BCUT2D eigenvalue weighted by atomic mass is 79.9. The van der Waals surface area contributed by atoms with Gasteiger partial charge in [-0.2, -0.15) is 0 Å². The van der Waals surface area contributed by atoms with E-state index >= 15 is 0 Å². The first kappa shape index (κ1) is 17.3. The van der Waals surface area contributed by atoms with Crippen LogP contribution in [0.4, 0.5) is 0 Å². The Bertz CT molecular complexity index is 763. The van der Waals surface area contributed by atoms with Crippen LogP contribution in [0.25, 0.3) is 10.9 Å². The summed E-state index contributed by atoms with van der Waals surface area (Å²) in [7, 11) is 3.64. The summed E-state index contributed by atoms with van der Waals surface area (Å²) in [6.45, 7) is 5.12. The Kier molecular flexibility index (Phi) is 5.15. The van der Waals surface area contributed by atoms with Crippen molar-refractivity contribution >= 4 is 32.8 Å². The van der Waals surface area contributed by atoms with Gasteiger partial charge in [-0.3, -0.25) is 4.90 Å². The maximum Gasteiger partial charge on any atom is 0.340 e. The van der Waals surface area contributed by atoms with Crippen molar-refractivity contribution in [1.29, 1.82) is 0 Å². The minimum atomic E-state index is -0.262. The molecule has 1 aliphatic heterocycles. The number of esters is 1. The lowest BCUT2D eigenvalue weighted by atomic mass is 10.1. The van der Waals surface area contributed by atoms with Gasteiger partial charge in [0, 0.05) is 24.7 Å². The van der Waals surface area contributed by atoms with Gasteiger partial charge in [-0.05, 0) is 60.9 Å². The van der Waals surface area contributed by atoms with Crippen LogP contribution < -0.4 is 4.74 Å². The first-order valence-electron chi connectivity index (χ1n) is 8.31. The summed E-state index contributed by atoms with van der Waals surface area (Å²) in [5.41, 5.74) is 2.66. The number of likely N-dealkylation sites (tertiary alicyclic amines) is 1. The fourth-order valence-corrected chi connectivity index (χ4v) is 3.91. The molecule has 1 aromatic heterocycles. The summed E-state index contributed by atoms with van der Waals surface area (Å²) in [5, 5.41) is 0.880. The van der Waals surface area contributed by atoms with E-state index in [-0.39, 0.29) is 5.97 Å². The van der Waals surface area contributed by atoms with E-state index in [1.54, 1.807) is 7.11 Å². The summed E-state index contributed by atoms with van der Waals surface area (Å²) in [6.07, 6.45) is 2.44. The van der Waals surface area contributed by atoms with Gasteiger partial charge in [0.15, 0.2) is 0 Å². The standard InChI is InChI=1S/C18H23BrN2O3/c1-4-24-18(22)17-12-9-16(23-3)13(19)10-14(12)20(2)15(17)11-21-7-5-6-8-21/h9-10H,4-8,11H2,1-3H3. The van der Waals surface area contributed by atoms with Crippen molar-refractivity contribution in [2.24, 2.45) is 7.05 Å². The molecule has 0 saturated carbocycles. The van der Waals surface area contributed by atoms with Crippen LogP contribution in [0.5, 0.6) is 5.75 Å². The average Bonchev–Trinajstić information content (AvgIpc) is 3.15. The van der Waals surface area contributed by atoms with Crippen molar-refractivity contribution in [3.8, 4) is 5.75 Å². The maximum atomic E-state index is 12.6. The van der Waals surface area contributed by atoms with Gasteiger partial charge in [-0.1, -0.05) is 0 Å². The van der Waals surface area contributed by atoms with Gasteiger partial charge in [0.25, 0.3) is 0 Å². The Labute approximate surface area is 150 Å². The predicted octanol–water partition coefficient (Wildman–Crippen LogP) is 3.72. The van der Waals surface area contributed by atoms with Crippen LogP contribution in [-0.2, 0) is 18.3 Å². The molecule has 0 atom stereocenters. The monoisotopic (exact) mass is 394 g/mol. The zero-order chi connectivity index (χ0) is 17.3. The highest BCUT2D eigenvalue weighted by molar-refractivity contribution is 9.10. The van der Waals surface area contributed by atoms with Crippen molar-refractivity contribution < 1.29 is 14.3 Å². The lowest BCUT2D eigenvalue weighted by Gasteiger charge is -2.16. The molecule has 1 saturated heterocycles. The minimum absolute atomic E-state index is 0.262. The largest absolute Gasteiger partial charge is 0.496 e. The molecule has 0 amide bonds. The molecule has 5 nitrogen and oxygen atoms in total. The molecule has 1 aromatic carbocycles. The second kappa shape index (κ2) is 7.15. The van der Waals surface area contributed by atoms with Crippen LogP contribution in [0.2, 0.25) is 0 Å². The number of methoxy groups -OCH3 is 1. The Balaban J connectivity index is 2.17. The molecular weight excluding hydrogens is 372 g/mol. The van der Waals surface area contributed by atoms with Crippen LogP contribution >= 0.6 is 15.9 Å². The zero-order valence-corrected chi connectivity index (χ0v) is 16.0. The van der Waals surface area contributed by atoms with E-state index in [9.17, 15) is 4.79 Å². The van der Waals surface area contributed by atoms with Gasteiger partial charge in [-0.25, -0.2) is 4.79 Å². The van der Waals surface area contributed by atoms with E-state index in [0.717, 1.165) is 40.7 Å². The second-order valence-corrected chi connectivity index (χ2v) is 6.94. The molecule has 24 heavy (non-hydrogen) atoms. The molecular formula is C18H23BrN2O3. The van der Waals surface area contributed by atoms with Gasteiger partial charge in [0.1, 0.15) is 5.75 Å². The van der Waals surface area contributed by atoms with Gasteiger partial charge in [0.2, 0.25) is 0 Å². The Morgan fingerprint density at radius 2 is 2.00 bits per heavy atom. The third-order valence-electron chi connectivity index (χ3n) is 4.65. The van der Waals surface area contributed by atoms with Gasteiger partial charge in [-0.15, -0.1) is 0 Å². The van der Waals surface area contributed by atoms with E-state index in [1.807, 2.05) is 26.1 Å². The fraction of sp³-hybridized carbons (Fsp3) is 0.500. The van der Waals surface area contributed by atoms with Gasteiger partial charge in [0.05, 0.1) is 29.3 Å². The first-order valence-corrected chi connectivity index (χ1v) is 9.10. The Hall–Kier alpha value is -1.53. The van der Waals surface area contributed by atoms with E-state index in [0.29, 0.717) is 17.9 Å². The topological polar surface area (TPSA) is 43.7 Å². The van der Waals surface area contributed by atoms with Crippen molar-refractivity contribution in [3.05, 3.63) is 27.9 Å². The van der Waals surface area contributed by atoms with Crippen molar-refractivity contribution in [2.75, 3.05) is 26.8 Å². The molecule has 0 radical (unpaired) electrons. The number of aromatic nitrogens is 1. The number of halogens is 1. The van der Waals surface area contributed by atoms with Crippen LogP contribution in [0.1, 0.15) is 35.8 Å². The first-order chi connectivity index (χ1) is 11.6. The van der Waals surface area contributed by atoms with E-state index < -0.39 is 0 Å². The molecule has 0 aliphatic carbocycles. The molecule has 0 N–H and O–H groups in total. The predicted molar refractivity (Wildman–Crippen MR) is 97.6 cm³/mol. The second-order valence-electron chi connectivity index (χ2n) is 6.09. The number of ether oxygens (including phenoxy) is 2. The molecule has 1 fully saturated rings. The molecule has 0 spiro atoms. The smallest absolute Gasteiger partial charge is 0.340 e. The van der Waals surface area contributed by atoms with Crippen molar-refractivity contribution in [3.63, 3.8) is 0 Å². The quantitative estimate of drug-likeness (QED) is 0.724. The van der Waals surface area contributed by atoms with Crippen LogP contribution in [0.3, 0.4) is 0 Å². The summed E-state index contributed by atoms with van der Waals surface area (Å²) in [4.78, 5) is 15.0. The lowest BCUT2D eigenvalue weighted by molar-refractivity contribution is 0.0526. The van der Waals surface area contributed by atoms with E-state index in [1.165, 1.54) is 12.8 Å². The lowest BCUT2D eigenvalue weighted by Crippen LogP contribution is -2.22. The molecule has 0 unspecified atom stereocenters. The fourth-order valence-electron chi connectivity index (χ4n) is 3.41. The number of benzene rings is 1. The highest BCUT2D eigenvalue weighted by Gasteiger charge is 2.25. The summed E-state index contributed by atoms with van der Waals surface area (Å²) in [6, 6.07) is 3.92. The summed E-state index contributed by atoms with van der Waals surface area (Å²) in [5.74, 6) is 0.452. The van der Waals surface area contributed by atoms with Gasteiger partial charge >= 0.3 is 5.97 Å². The molecule has 2 aromatic rings.